The van der Waals surface area contributed by atoms with E-state index in [4.69, 9.17) is 0 Å². The molecule has 0 spiro atoms. The number of hydrogen-bond acceptors (Lipinski definition) is 7. The van der Waals surface area contributed by atoms with Gasteiger partial charge >= 0.3 is 11.9 Å². The Labute approximate surface area is 80.4 Å². The molecule has 0 aromatic rings. The summed E-state index contributed by atoms with van der Waals surface area (Å²) in [5, 5.41) is 2.67. The maximum atomic E-state index is 11.2. The van der Waals surface area contributed by atoms with Crippen LogP contribution in [0.2, 0.25) is 0 Å². The quantitative estimate of drug-likeness (QED) is 0.454. The third kappa shape index (κ3) is 1.94. The summed E-state index contributed by atoms with van der Waals surface area (Å²) in [6.45, 7) is 0.310. The highest BCUT2D eigenvalue weighted by Gasteiger charge is 2.24. The van der Waals surface area contributed by atoms with E-state index in [1.807, 2.05) is 0 Å². The van der Waals surface area contributed by atoms with Gasteiger partial charge in [0.05, 0.1) is 20.9 Å². The van der Waals surface area contributed by atoms with Gasteiger partial charge in [-0.1, -0.05) is 0 Å². The Hall–Kier alpha value is -1.76. The molecule has 7 heteroatoms. The lowest BCUT2D eigenvalue weighted by atomic mass is 10.3. The van der Waals surface area contributed by atoms with Gasteiger partial charge in [0, 0.05) is 0 Å². The number of carbonyl (C=O) groups excluding carboxylic acids is 2. The first kappa shape index (κ1) is 10.3. The summed E-state index contributed by atoms with van der Waals surface area (Å²) in [5.41, 5.74) is 5.22. The van der Waals surface area contributed by atoms with E-state index in [9.17, 15) is 9.59 Å². The van der Waals surface area contributed by atoms with Gasteiger partial charge in [-0.2, -0.15) is 0 Å². The minimum Gasteiger partial charge on any atom is -0.464 e. The molecule has 3 N–H and O–H groups in total. The third-order valence-corrected chi connectivity index (χ3v) is 1.60. The monoisotopic (exact) mass is 201 g/mol. The van der Waals surface area contributed by atoms with Crippen LogP contribution in [0.3, 0.4) is 0 Å². The van der Waals surface area contributed by atoms with Gasteiger partial charge < -0.3 is 20.2 Å². The molecule has 0 saturated heterocycles. The van der Waals surface area contributed by atoms with Gasteiger partial charge in [-0.05, 0) is 0 Å². The molecule has 0 atom stereocenters. The molecule has 1 aliphatic heterocycles. The standard InChI is InChI=1S/C7H11N3O4/c1-13-6(11)4-5(7(12)14-2)10-9-3-8-4/h8-10H,3H2,1-2H3. The average molecular weight is 201 g/mol. The number of nitrogens with one attached hydrogen (secondary N) is 3. The first-order chi connectivity index (χ1) is 6.70. The fourth-order valence-electron chi connectivity index (χ4n) is 0.948. The number of carbonyl (C=O) groups is 2. The Morgan fingerprint density at radius 1 is 1.14 bits per heavy atom. The highest BCUT2D eigenvalue weighted by atomic mass is 16.5. The number of esters is 2. The van der Waals surface area contributed by atoms with Gasteiger partial charge in [-0.25, -0.2) is 15.0 Å². The molecule has 0 aromatic heterocycles. The second-order valence-electron chi connectivity index (χ2n) is 2.39. The van der Waals surface area contributed by atoms with Crippen LogP contribution in [0.5, 0.6) is 0 Å². The zero-order chi connectivity index (χ0) is 10.6. The Morgan fingerprint density at radius 2 is 1.71 bits per heavy atom. The lowest BCUT2D eigenvalue weighted by Crippen LogP contribution is -2.49. The molecule has 1 aliphatic rings. The van der Waals surface area contributed by atoms with Crippen molar-refractivity contribution in [3.05, 3.63) is 11.4 Å². The zero-order valence-electron chi connectivity index (χ0n) is 7.84. The maximum Gasteiger partial charge on any atom is 0.357 e. The summed E-state index contributed by atoms with van der Waals surface area (Å²) < 4.78 is 8.95. The molecule has 78 valence electrons. The number of methoxy groups -OCH3 is 2. The Morgan fingerprint density at radius 3 is 2.29 bits per heavy atom. The minimum atomic E-state index is -0.648. The minimum absolute atomic E-state index is 0.00519. The Bertz CT molecular complexity index is 259. The molecule has 0 aromatic carbocycles. The topological polar surface area (TPSA) is 88.7 Å². The van der Waals surface area contributed by atoms with E-state index < -0.39 is 11.9 Å². The molecule has 0 radical (unpaired) electrons. The van der Waals surface area contributed by atoms with Crippen LogP contribution in [0, 0.1) is 0 Å². The van der Waals surface area contributed by atoms with Crippen molar-refractivity contribution in [1.29, 1.82) is 0 Å². The van der Waals surface area contributed by atoms with E-state index in [1.54, 1.807) is 0 Å². The van der Waals surface area contributed by atoms with Crippen molar-refractivity contribution in [2.24, 2.45) is 0 Å². The summed E-state index contributed by atoms with van der Waals surface area (Å²) in [6, 6.07) is 0. The van der Waals surface area contributed by atoms with Crippen molar-refractivity contribution >= 4 is 11.9 Å². The molecule has 0 amide bonds. The van der Waals surface area contributed by atoms with Crippen molar-refractivity contribution in [1.82, 2.24) is 16.2 Å². The second-order valence-corrected chi connectivity index (χ2v) is 2.39. The summed E-state index contributed by atoms with van der Waals surface area (Å²) in [4.78, 5) is 22.3. The molecule has 0 aliphatic carbocycles. The Balaban J connectivity index is 2.96. The van der Waals surface area contributed by atoms with Crippen LogP contribution in [0.4, 0.5) is 0 Å². The highest BCUT2D eigenvalue weighted by Crippen LogP contribution is 2.04. The van der Waals surface area contributed by atoms with Crippen LogP contribution in [0.25, 0.3) is 0 Å². The molecular formula is C7H11N3O4. The fraction of sp³-hybridized carbons (Fsp3) is 0.429. The average Bonchev–Trinajstić information content (AvgIpc) is 2.27. The van der Waals surface area contributed by atoms with E-state index in [0.29, 0.717) is 6.67 Å². The van der Waals surface area contributed by atoms with Crippen molar-refractivity contribution in [3.8, 4) is 0 Å². The zero-order valence-corrected chi connectivity index (χ0v) is 7.84. The lowest BCUT2D eigenvalue weighted by molar-refractivity contribution is -0.140. The first-order valence-corrected chi connectivity index (χ1v) is 3.84. The number of ether oxygens (including phenoxy) is 2. The molecule has 14 heavy (non-hydrogen) atoms. The fourth-order valence-corrected chi connectivity index (χ4v) is 0.948. The van der Waals surface area contributed by atoms with E-state index >= 15 is 0 Å². The van der Waals surface area contributed by atoms with Gasteiger partial charge in [0.25, 0.3) is 0 Å². The highest BCUT2D eigenvalue weighted by molar-refractivity contribution is 5.99. The smallest absolute Gasteiger partial charge is 0.357 e. The predicted octanol–water partition coefficient (Wildman–Crippen LogP) is -1.80. The number of hydrazine groups is 1. The lowest BCUT2D eigenvalue weighted by Gasteiger charge is -2.21. The normalized spacial score (nSPS) is 15.3. The van der Waals surface area contributed by atoms with Crippen molar-refractivity contribution in [3.63, 3.8) is 0 Å². The summed E-state index contributed by atoms with van der Waals surface area (Å²) in [7, 11) is 2.45. The van der Waals surface area contributed by atoms with E-state index in [2.05, 4.69) is 25.6 Å². The number of rotatable bonds is 2. The van der Waals surface area contributed by atoms with Crippen molar-refractivity contribution < 1.29 is 19.1 Å². The summed E-state index contributed by atoms with van der Waals surface area (Å²) in [6.07, 6.45) is 0. The van der Waals surface area contributed by atoms with Crippen molar-refractivity contribution in [2.45, 2.75) is 0 Å². The Kier molecular flexibility index (Phi) is 3.29. The van der Waals surface area contributed by atoms with E-state index in [-0.39, 0.29) is 11.4 Å². The van der Waals surface area contributed by atoms with Crippen LogP contribution in [-0.4, -0.2) is 32.8 Å². The van der Waals surface area contributed by atoms with Crippen molar-refractivity contribution in [2.75, 3.05) is 20.9 Å². The van der Waals surface area contributed by atoms with Gasteiger partial charge in [-0.15, -0.1) is 0 Å². The molecule has 1 rings (SSSR count). The molecule has 0 unspecified atom stereocenters. The summed E-state index contributed by atoms with van der Waals surface area (Å²) in [5.74, 6) is -1.27. The second kappa shape index (κ2) is 4.47. The van der Waals surface area contributed by atoms with Crippen LogP contribution in [0.1, 0.15) is 0 Å². The van der Waals surface area contributed by atoms with Crippen LogP contribution < -0.4 is 16.2 Å². The predicted molar refractivity (Wildman–Crippen MR) is 45.3 cm³/mol. The molecule has 0 fully saturated rings. The molecule has 7 nitrogen and oxygen atoms in total. The van der Waals surface area contributed by atoms with E-state index in [1.165, 1.54) is 14.2 Å². The van der Waals surface area contributed by atoms with E-state index in [0.717, 1.165) is 0 Å². The van der Waals surface area contributed by atoms with Crippen LogP contribution in [0.15, 0.2) is 11.4 Å². The van der Waals surface area contributed by atoms with Gasteiger partial charge in [0.1, 0.15) is 0 Å². The first-order valence-electron chi connectivity index (χ1n) is 3.84. The van der Waals surface area contributed by atoms with Gasteiger partial charge in [-0.3, -0.25) is 0 Å². The number of hydrogen-bond donors (Lipinski definition) is 3. The van der Waals surface area contributed by atoms with Crippen LogP contribution >= 0.6 is 0 Å². The summed E-state index contributed by atoms with van der Waals surface area (Å²) >= 11 is 0. The molecule has 0 bridgehead atoms. The maximum absolute atomic E-state index is 11.2. The van der Waals surface area contributed by atoms with Crippen LogP contribution in [-0.2, 0) is 19.1 Å². The van der Waals surface area contributed by atoms with Gasteiger partial charge in [0.15, 0.2) is 11.4 Å². The molecule has 0 saturated carbocycles. The SMILES string of the molecule is COC(=O)C1=C(C(=O)OC)NNCN1. The largest absolute Gasteiger partial charge is 0.464 e. The molecular weight excluding hydrogens is 190 g/mol. The molecule has 1 heterocycles. The third-order valence-electron chi connectivity index (χ3n) is 1.60. The van der Waals surface area contributed by atoms with Gasteiger partial charge in [0.2, 0.25) is 0 Å².